The van der Waals surface area contributed by atoms with Crippen molar-refractivity contribution in [2.45, 2.75) is 24.7 Å². The van der Waals surface area contributed by atoms with Crippen molar-refractivity contribution in [2.24, 2.45) is 13.0 Å². The summed E-state index contributed by atoms with van der Waals surface area (Å²) in [6.45, 7) is 3.80. The first-order valence-corrected chi connectivity index (χ1v) is 11.2. The van der Waals surface area contributed by atoms with E-state index in [9.17, 15) is 10.1 Å². The number of halogens is 1. The molecule has 0 atom stereocenters. The number of anilines is 1. The molecule has 8 nitrogen and oxygen atoms in total. The molecule has 0 spiro atoms. The molecule has 0 bridgehead atoms. The molecule has 9 heteroatoms. The molecular weight excluding hydrogens is 450 g/mol. The molecule has 1 N–H and O–H groups in total. The monoisotopic (exact) mass is 471 g/mol. The molecule has 170 valence electrons. The minimum Gasteiger partial charge on any atom is -0.322 e. The maximum absolute atomic E-state index is 13.2. The molecule has 3 heterocycles. The lowest BCUT2D eigenvalue weighted by Crippen LogP contribution is -2.43. The molecule has 0 radical (unpaired) electrons. The topological polar surface area (TPSA) is 101 Å². The molecule has 0 saturated heterocycles. The number of carbonyl (C=O) groups excluding carboxylic acids is 1. The summed E-state index contributed by atoms with van der Waals surface area (Å²) in [6.07, 6.45) is 8.79. The van der Waals surface area contributed by atoms with Gasteiger partial charge in [0, 0.05) is 36.7 Å². The number of nitrogens with zero attached hydrogens (tertiary/aromatic N) is 6. The highest BCUT2D eigenvalue weighted by atomic mass is 35.5. The van der Waals surface area contributed by atoms with Crippen LogP contribution in [0, 0.1) is 17.2 Å². The van der Waals surface area contributed by atoms with Crippen molar-refractivity contribution in [3.05, 3.63) is 83.3 Å². The average molecular weight is 472 g/mol. The Morgan fingerprint density at radius 2 is 2.24 bits per heavy atom. The minimum absolute atomic E-state index is 0.00610. The van der Waals surface area contributed by atoms with Gasteiger partial charge in [-0.1, -0.05) is 36.4 Å². The van der Waals surface area contributed by atoms with Crippen molar-refractivity contribution >= 4 is 34.9 Å². The van der Waals surface area contributed by atoms with Gasteiger partial charge in [0.15, 0.2) is 5.65 Å². The second-order valence-electron chi connectivity index (χ2n) is 8.75. The Morgan fingerprint density at radius 3 is 2.94 bits per heavy atom. The van der Waals surface area contributed by atoms with E-state index < -0.39 is 0 Å². The second-order valence-corrected chi connectivity index (χ2v) is 9.14. The fourth-order valence-corrected chi connectivity index (χ4v) is 4.89. The summed E-state index contributed by atoms with van der Waals surface area (Å²) in [5.74, 6) is 0.580. The first-order valence-electron chi connectivity index (χ1n) is 10.9. The SMILES string of the molecule is C=Cc1cc(C(=O)Nc2cccc(C3(Cc4nncn4C)CC(C#N)C3)c2)c2ncc(Cl)n2c1. The largest absolute Gasteiger partial charge is 0.322 e. The maximum atomic E-state index is 13.2. The van der Waals surface area contributed by atoms with Crippen LogP contribution in [0.2, 0.25) is 5.15 Å². The predicted molar refractivity (Wildman–Crippen MR) is 129 cm³/mol. The number of amides is 1. The van der Waals surface area contributed by atoms with Crippen LogP contribution in [0.5, 0.6) is 0 Å². The lowest BCUT2D eigenvalue weighted by molar-refractivity contribution is 0.102. The molecule has 1 aliphatic carbocycles. The number of aromatic nitrogens is 5. The quantitative estimate of drug-likeness (QED) is 0.448. The lowest BCUT2D eigenvalue weighted by atomic mass is 9.57. The summed E-state index contributed by atoms with van der Waals surface area (Å²) in [5.41, 5.74) is 3.13. The number of hydrogen-bond acceptors (Lipinski definition) is 5. The molecular formula is C25H22ClN7O. The van der Waals surface area contributed by atoms with Crippen LogP contribution in [0.15, 0.2) is 55.6 Å². The van der Waals surface area contributed by atoms with Gasteiger partial charge in [0.2, 0.25) is 0 Å². The van der Waals surface area contributed by atoms with Gasteiger partial charge in [-0.25, -0.2) is 4.98 Å². The van der Waals surface area contributed by atoms with Crippen molar-refractivity contribution in [2.75, 3.05) is 5.32 Å². The van der Waals surface area contributed by atoms with Crippen molar-refractivity contribution < 1.29 is 4.79 Å². The number of pyridine rings is 1. The number of benzene rings is 1. The fraction of sp³-hybridized carbons (Fsp3) is 0.240. The molecule has 1 amide bonds. The van der Waals surface area contributed by atoms with E-state index in [-0.39, 0.29) is 17.2 Å². The highest BCUT2D eigenvalue weighted by Gasteiger charge is 2.46. The summed E-state index contributed by atoms with van der Waals surface area (Å²) < 4.78 is 3.57. The second kappa shape index (κ2) is 8.43. The third-order valence-electron chi connectivity index (χ3n) is 6.55. The van der Waals surface area contributed by atoms with Crippen molar-refractivity contribution in [1.29, 1.82) is 5.26 Å². The van der Waals surface area contributed by atoms with Gasteiger partial charge in [-0.2, -0.15) is 5.26 Å². The van der Waals surface area contributed by atoms with Gasteiger partial charge < -0.3 is 9.88 Å². The zero-order valence-electron chi connectivity index (χ0n) is 18.6. The van der Waals surface area contributed by atoms with Crippen LogP contribution in [0.1, 0.15) is 40.2 Å². The van der Waals surface area contributed by atoms with Gasteiger partial charge in [-0.3, -0.25) is 9.20 Å². The molecule has 3 aromatic heterocycles. The van der Waals surface area contributed by atoms with Crippen molar-refractivity contribution in [3.8, 4) is 6.07 Å². The number of fused-ring (bicyclic) bond motifs is 1. The number of hydrogen-bond donors (Lipinski definition) is 1. The first kappa shape index (κ1) is 21.9. The van der Waals surface area contributed by atoms with E-state index in [2.05, 4.69) is 33.1 Å². The predicted octanol–water partition coefficient (Wildman–Crippen LogP) is 4.43. The fourth-order valence-electron chi connectivity index (χ4n) is 4.71. The average Bonchev–Trinajstić information content (AvgIpc) is 3.40. The van der Waals surface area contributed by atoms with Gasteiger partial charge in [-0.15, -0.1) is 10.2 Å². The summed E-state index contributed by atoms with van der Waals surface area (Å²) in [4.78, 5) is 17.5. The molecule has 0 aliphatic heterocycles. The Morgan fingerprint density at radius 1 is 1.41 bits per heavy atom. The van der Waals surface area contributed by atoms with E-state index in [0.717, 1.165) is 29.8 Å². The number of rotatable bonds is 6. The molecule has 1 aromatic carbocycles. The van der Waals surface area contributed by atoms with Gasteiger partial charge in [0.1, 0.15) is 17.3 Å². The third kappa shape index (κ3) is 3.74. The maximum Gasteiger partial charge on any atom is 0.259 e. The Kier molecular flexibility index (Phi) is 5.42. The molecule has 34 heavy (non-hydrogen) atoms. The minimum atomic E-state index is -0.293. The highest BCUT2D eigenvalue weighted by molar-refractivity contribution is 6.30. The number of carbonyl (C=O) groups is 1. The van der Waals surface area contributed by atoms with Gasteiger partial charge in [0.05, 0.1) is 17.8 Å². The van der Waals surface area contributed by atoms with Crippen molar-refractivity contribution in [1.82, 2.24) is 24.1 Å². The third-order valence-corrected chi connectivity index (χ3v) is 6.83. The van der Waals surface area contributed by atoms with E-state index >= 15 is 0 Å². The van der Waals surface area contributed by atoms with Gasteiger partial charge >= 0.3 is 0 Å². The molecule has 1 saturated carbocycles. The number of aryl methyl sites for hydroxylation is 1. The number of imidazole rings is 1. The number of nitrogens with one attached hydrogen (secondary N) is 1. The molecule has 1 aliphatic rings. The zero-order valence-corrected chi connectivity index (χ0v) is 19.3. The summed E-state index contributed by atoms with van der Waals surface area (Å²) in [7, 11) is 1.92. The molecule has 4 aromatic rings. The Hall–Kier alpha value is -3.96. The van der Waals surface area contributed by atoms with Crippen LogP contribution < -0.4 is 5.32 Å². The van der Waals surface area contributed by atoms with Gasteiger partial charge in [0.25, 0.3) is 5.91 Å². The zero-order chi connectivity index (χ0) is 23.9. The first-order chi connectivity index (χ1) is 16.4. The van der Waals surface area contributed by atoms with E-state index in [1.54, 1.807) is 29.1 Å². The van der Waals surface area contributed by atoms with Crippen LogP contribution in [0.4, 0.5) is 5.69 Å². The van der Waals surface area contributed by atoms with Crippen molar-refractivity contribution in [3.63, 3.8) is 0 Å². The molecule has 1 fully saturated rings. The van der Waals surface area contributed by atoms with Crippen LogP contribution in [-0.2, 0) is 18.9 Å². The van der Waals surface area contributed by atoms with Gasteiger partial charge in [-0.05, 0) is 42.2 Å². The molecule has 5 rings (SSSR count). The Labute approximate surface area is 201 Å². The Bertz CT molecular complexity index is 1460. The van der Waals surface area contributed by atoms with Crippen LogP contribution >= 0.6 is 11.6 Å². The van der Waals surface area contributed by atoms with E-state index in [0.29, 0.717) is 28.5 Å². The Balaban J connectivity index is 1.46. The smallest absolute Gasteiger partial charge is 0.259 e. The van der Waals surface area contributed by atoms with E-state index in [1.165, 1.54) is 6.20 Å². The van der Waals surface area contributed by atoms with E-state index in [4.69, 9.17) is 11.6 Å². The van der Waals surface area contributed by atoms with Crippen LogP contribution in [0.25, 0.3) is 11.7 Å². The standard InChI is InChI=1S/C25H22ClN7O/c1-3-16-7-20(23-28-13-21(26)33(23)14-16)24(34)30-19-6-4-5-18(8-19)25(9-17(10-25)12-27)11-22-31-29-15-32(22)2/h3-8,13-15,17H,1,9-11H2,2H3,(H,30,34). The van der Waals surface area contributed by atoms with Crippen LogP contribution in [0.3, 0.4) is 0 Å². The summed E-state index contributed by atoms with van der Waals surface area (Å²) in [5, 5.41) is 21.1. The highest BCUT2D eigenvalue weighted by Crippen LogP contribution is 2.50. The lowest BCUT2D eigenvalue weighted by Gasteiger charge is -2.45. The summed E-state index contributed by atoms with van der Waals surface area (Å²) in [6, 6.07) is 11.9. The van der Waals surface area contributed by atoms with Crippen LogP contribution in [-0.4, -0.2) is 30.1 Å². The molecule has 0 unspecified atom stereocenters. The summed E-state index contributed by atoms with van der Waals surface area (Å²) >= 11 is 6.23. The number of nitriles is 1. The van der Waals surface area contributed by atoms with E-state index in [1.807, 2.05) is 35.9 Å². The normalized spacial score (nSPS) is 19.4.